The van der Waals surface area contributed by atoms with Crippen molar-refractivity contribution >= 4 is 0 Å². The number of aliphatic hydroxyl groups is 1. The van der Waals surface area contributed by atoms with Crippen LogP contribution in [-0.4, -0.2) is 41.4 Å². The molecule has 0 radical (unpaired) electrons. The second kappa shape index (κ2) is 5.57. The summed E-state index contributed by atoms with van der Waals surface area (Å²) in [7, 11) is 0. The lowest BCUT2D eigenvalue weighted by atomic mass is 9.79. The standard InChI is InChI=1S/C12H22F3NO/c1-3-16(9-12(13,14)15)8-11(17)6-4-10(2)5-7-11/h10,17H,3-9H2,1-2H3. The third kappa shape index (κ3) is 5.25. The number of hydrogen-bond donors (Lipinski definition) is 1. The van der Waals surface area contributed by atoms with Crippen LogP contribution in [0.1, 0.15) is 39.5 Å². The van der Waals surface area contributed by atoms with Crippen molar-refractivity contribution in [2.45, 2.75) is 51.3 Å². The smallest absolute Gasteiger partial charge is 0.389 e. The average molecular weight is 253 g/mol. The molecular weight excluding hydrogens is 231 g/mol. The highest BCUT2D eigenvalue weighted by Crippen LogP contribution is 2.32. The molecule has 0 heterocycles. The maximum absolute atomic E-state index is 12.3. The molecule has 1 aliphatic rings. The van der Waals surface area contributed by atoms with E-state index in [1.54, 1.807) is 6.92 Å². The van der Waals surface area contributed by atoms with Gasteiger partial charge in [-0.05, 0) is 38.1 Å². The maximum atomic E-state index is 12.3. The lowest BCUT2D eigenvalue weighted by molar-refractivity contribution is -0.154. The molecule has 1 saturated carbocycles. The summed E-state index contributed by atoms with van der Waals surface area (Å²) in [6, 6.07) is 0. The number of rotatable bonds is 4. The van der Waals surface area contributed by atoms with Gasteiger partial charge in [-0.1, -0.05) is 13.8 Å². The van der Waals surface area contributed by atoms with Crippen molar-refractivity contribution in [3.8, 4) is 0 Å². The van der Waals surface area contributed by atoms with Gasteiger partial charge in [0.15, 0.2) is 0 Å². The predicted molar refractivity (Wildman–Crippen MR) is 60.8 cm³/mol. The van der Waals surface area contributed by atoms with Crippen molar-refractivity contribution in [3.05, 3.63) is 0 Å². The molecule has 0 aromatic heterocycles. The second-order valence-electron chi connectivity index (χ2n) is 5.33. The summed E-state index contributed by atoms with van der Waals surface area (Å²) in [4.78, 5) is 1.29. The summed E-state index contributed by atoms with van der Waals surface area (Å²) in [6.45, 7) is 3.34. The lowest BCUT2D eigenvalue weighted by Crippen LogP contribution is -2.47. The molecule has 102 valence electrons. The van der Waals surface area contributed by atoms with Crippen LogP contribution in [0.5, 0.6) is 0 Å². The number of halogens is 3. The van der Waals surface area contributed by atoms with Crippen LogP contribution >= 0.6 is 0 Å². The third-order valence-corrected chi connectivity index (χ3v) is 3.57. The minimum absolute atomic E-state index is 0.135. The fraction of sp³-hybridized carbons (Fsp3) is 1.00. The Kier molecular flexibility index (Phi) is 4.84. The molecule has 1 aliphatic carbocycles. The van der Waals surface area contributed by atoms with E-state index in [0.29, 0.717) is 25.3 Å². The summed E-state index contributed by atoms with van der Waals surface area (Å²) >= 11 is 0. The Labute approximate surface area is 101 Å². The summed E-state index contributed by atoms with van der Waals surface area (Å²) in [6.07, 6.45) is -1.15. The van der Waals surface area contributed by atoms with E-state index >= 15 is 0 Å². The van der Waals surface area contributed by atoms with E-state index in [4.69, 9.17) is 0 Å². The molecule has 0 spiro atoms. The highest BCUT2D eigenvalue weighted by Gasteiger charge is 2.37. The molecular formula is C12H22F3NO. The van der Waals surface area contributed by atoms with E-state index < -0.39 is 18.3 Å². The van der Waals surface area contributed by atoms with Crippen LogP contribution in [0.2, 0.25) is 0 Å². The Morgan fingerprint density at radius 1 is 1.29 bits per heavy atom. The van der Waals surface area contributed by atoms with Gasteiger partial charge >= 0.3 is 6.18 Å². The third-order valence-electron chi connectivity index (χ3n) is 3.57. The molecule has 1 rings (SSSR count). The molecule has 0 saturated heterocycles. The van der Waals surface area contributed by atoms with Crippen LogP contribution in [0, 0.1) is 5.92 Å². The summed E-state index contributed by atoms with van der Waals surface area (Å²) in [5, 5.41) is 10.3. The molecule has 0 amide bonds. The Balaban J connectivity index is 2.49. The van der Waals surface area contributed by atoms with E-state index in [1.807, 2.05) is 0 Å². The number of likely N-dealkylation sites (N-methyl/N-ethyl adjacent to an activating group) is 1. The van der Waals surface area contributed by atoms with Gasteiger partial charge in [0.05, 0.1) is 12.1 Å². The normalized spacial score (nSPS) is 30.9. The van der Waals surface area contributed by atoms with E-state index in [9.17, 15) is 18.3 Å². The highest BCUT2D eigenvalue weighted by atomic mass is 19.4. The van der Waals surface area contributed by atoms with Gasteiger partial charge in [0, 0.05) is 6.54 Å². The number of alkyl halides is 3. The van der Waals surface area contributed by atoms with Crippen LogP contribution in [0.15, 0.2) is 0 Å². The Morgan fingerprint density at radius 3 is 2.24 bits per heavy atom. The minimum atomic E-state index is -4.19. The molecule has 1 N–H and O–H groups in total. The first kappa shape index (κ1) is 14.8. The minimum Gasteiger partial charge on any atom is -0.389 e. The van der Waals surface area contributed by atoms with Crippen LogP contribution in [0.3, 0.4) is 0 Å². The van der Waals surface area contributed by atoms with Gasteiger partial charge in [0.1, 0.15) is 0 Å². The molecule has 5 heteroatoms. The fourth-order valence-corrected chi connectivity index (χ4v) is 2.41. The van der Waals surface area contributed by atoms with Crippen molar-refractivity contribution in [3.63, 3.8) is 0 Å². The predicted octanol–water partition coefficient (Wildman–Crippen LogP) is 2.81. The highest BCUT2D eigenvalue weighted by molar-refractivity contribution is 4.87. The zero-order chi connectivity index (χ0) is 13.1. The first-order valence-electron chi connectivity index (χ1n) is 6.25. The van der Waals surface area contributed by atoms with Crippen LogP contribution in [0.25, 0.3) is 0 Å². The van der Waals surface area contributed by atoms with Crippen molar-refractivity contribution in [2.75, 3.05) is 19.6 Å². The number of nitrogens with zero attached hydrogens (tertiary/aromatic N) is 1. The molecule has 0 aromatic rings. The van der Waals surface area contributed by atoms with Gasteiger partial charge in [-0.25, -0.2) is 0 Å². The monoisotopic (exact) mass is 253 g/mol. The van der Waals surface area contributed by atoms with Gasteiger partial charge in [-0.3, -0.25) is 4.90 Å². The SMILES string of the molecule is CCN(CC(F)(F)F)CC1(O)CCC(C)CC1. The van der Waals surface area contributed by atoms with Crippen LogP contribution in [0.4, 0.5) is 13.2 Å². The second-order valence-corrected chi connectivity index (χ2v) is 5.33. The van der Waals surface area contributed by atoms with Crippen molar-refractivity contribution in [1.29, 1.82) is 0 Å². The Bertz CT molecular complexity index is 234. The van der Waals surface area contributed by atoms with Crippen molar-refractivity contribution < 1.29 is 18.3 Å². The van der Waals surface area contributed by atoms with Gasteiger partial charge < -0.3 is 5.11 Å². The fourth-order valence-electron chi connectivity index (χ4n) is 2.41. The maximum Gasteiger partial charge on any atom is 0.401 e. The molecule has 0 aromatic carbocycles. The molecule has 1 fully saturated rings. The van der Waals surface area contributed by atoms with E-state index in [-0.39, 0.29) is 6.54 Å². The lowest BCUT2D eigenvalue weighted by Gasteiger charge is -2.38. The summed E-state index contributed by atoms with van der Waals surface area (Å²) in [5.41, 5.74) is -0.923. The molecule has 2 nitrogen and oxygen atoms in total. The average Bonchev–Trinajstić information content (AvgIpc) is 2.20. The van der Waals surface area contributed by atoms with Crippen LogP contribution in [-0.2, 0) is 0 Å². The van der Waals surface area contributed by atoms with Crippen molar-refractivity contribution in [2.24, 2.45) is 5.92 Å². The van der Waals surface area contributed by atoms with E-state index in [0.717, 1.165) is 12.8 Å². The van der Waals surface area contributed by atoms with Gasteiger partial charge in [0.25, 0.3) is 0 Å². The first-order chi connectivity index (χ1) is 7.74. The summed E-state index contributed by atoms with van der Waals surface area (Å²) in [5.74, 6) is 0.577. The van der Waals surface area contributed by atoms with E-state index in [2.05, 4.69) is 6.92 Å². The van der Waals surface area contributed by atoms with E-state index in [1.165, 1.54) is 4.90 Å². The zero-order valence-electron chi connectivity index (χ0n) is 10.6. The summed E-state index contributed by atoms with van der Waals surface area (Å²) < 4.78 is 36.9. The van der Waals surface area contributed by atoms with Crippen molar-refractivity contribution in [1.82, 2.24) is 4.90 Å². The topological polar surface area (TPSA) is 23.5 Å². The molecule has 0 atom stereocenters. The molecule has 0 unspecified atom stereocenters. The Morgan fingerprint density at radius 2 is 1.82 bits per heavy atom. The quantitative estimate of drug-likeness (QED) is 0.832. The first-order valence-corrected chi connectivity index (χ1v) is 6.25. The van der Waals surface area contributed by atoms with Crippen LogP contribution < -0.4 is 0 Å². The van der Waals surface area contributed by atoms with Gasteiger partial charge in [-0.2, -0.15) is 13.2 Å². The molecule has 0 aliphatic heterocycles. The molecule has 0 bridgehead atoms. The van der Waals surface area contributed by atoms with Gasteiger partial charge in [-0.15, -0.1) is 0 Å². The number of hydrogen-bond acceptors (Lipinski definition) is 2. The van der Waals surface area contributed by atoms with Gasteiger partial charge in [0.2, 0.25) is 0 Å². The largest absolute Gasteiger partial charge is 0.401 e. The zero-order valence-corrected chi connectivity index (χ0v) is 10.6. The Hall–Kier alpha value is -0.290. The molecule has 17 heavy (non-hydrogen) atoms.